The number of hydrogen-bond donors (Lipinski definition) is 0. The van der Waals surface area contributed by atoms with E-state index in [0.717, 1.165) is 103 Å². The molecule has 0 aromatic carbocycles. The molecule has 0 spiro atoms. The number of carbonyl (C=O) groups is 2. The lowest BCUT2D eigenvalue weighted by atomic mass is 10.0. The Bertz CT molecular complexity index is 1190. The van der Waals surface area contributed by atoms with E-state index in [1.807, 2.05) is 0 Å². The van der Waals surface area contributed by atoms with Crippen LogP contribution in [0.25, 0.3) is 0 Å². The molecule has 0 aromatic rings. The molecule has 0 aliphatic rings. The van der Waals surface area contributed by atoms with Gasteiger partial charge in [0.25, 0.3) is 0 Å². The van der Waals surface area contributed by atoms with Gasteiger partial charge in [0.2, 0.25) is 0 Å². The monoisotopic (exact) mass is 891 g/mol. The molecule has 0 N–H and O–H groups in total. The van der Waals surface area contributed by atoms with Crippen molar-refractivity contribution in [2.45, 2.75) is 258 Å². The fourth-order valence-electron chi connectivity index (χ4n) is 7.39. The van der Waals surface area contributed by atoms with Crippen molar-refractivity contribution >= 4 is 11.9 Å². The van der Waals surface area contributed by atoms with Gasteiger partial charge in [0.05, 0.1) is 6.61 Å². The van der Waals surface area contributed by atoms with Crippen LogP contribution in [0.5, 0.6) is 0 Å². The lowest BCUT2D eigenvalue weighted by Gasteiger charge is -2.18. The van der Waals surface area contributed by atoms with Crippen molar-refractivity contribution in [2.75, 3.05) is 19.8 Å². The van der Waals surface area contributed by atoms with Crippen molar-refractivity contribution in [1.82, 2.24) is 0 Å². The van der Waals surface area contributed by atoms with E-state index in [2.05, 4.69) is 106 Å². The molecule has 0 saturated carbocycles. The Morgan fingerprint density at radius 1 is 0.359 bits per heavy atom. The molecule has 0 aliphatic heterocycles. The minimum atomic E-state index is -0.568. The molecule has 0 aromatic heterocycles. The molecule has 5 heteroatoms. The van der Waals surface area contributed by atoms with E-state index in [-0.39, 0.29) is 25.2 Å². The Hall–Kier alpha value is -2.92. The summed E-state index contributed by atoms with van der Waals surface area (Å²) < 4.78 is 17.4. The first-order valence-corrected chi connectivity index (χ1v) is 27.1. The summed E-state index contributed by atoms with van der Waals surface area (Å²) in [4.78, 5) is 25.4. The number of esters is 2. The van der Waals surface area contributed by atoms with E-state index < -0.39 is 6.10 Å². The van der Waals surface area contributed by atoms with Crippen molar-refractivity contribution < 1.29 is 23.8 Å². The second-order valence-corrected chi connectivity index (χ2v) is 17.8. The molecule has 0 amide bonds. The Kier molecular flexibility index (Phi) is 51.9. The lowest BCUT2D eigenvalue weighted by Crippen LogP contribution is -2.30. The summed E-state index contributed by atoms with van der Waals surface area (Å²) in [6, 6.07) is 0. The molecule has 0 heterocycles. The molecule has 0 saturated heterocycles. The van der Waals surface area contributed by atoms with Crippen molar-refractivity contribution in [2.24, 2.45) is 0 Å². The van der Waals surface area contributed by atoms with Gasteiger partial charge in [0, 0.05) is 19.4 Å². The summed E-state index contributed by atoms with van der Waals surface area (Å²) in [6.45, 7) is 7.64. The van der Waals surface area contributed by atoms with Crippen LogP contribution in [-0.4, -0.2) is 37.9 Å². The zero-order valence-electron chi connectivity index (χ0n) is 42.3. The highest BCUT2D eigenvalue weighted by atomic mass is 16.6. The predicted octanol–water partition coefficient (Wildman–Crippen LogP) is 18.5. The maximum atomic E-state index is 12.8. The zero-order valence-corrected chi connectivity index (χ0v) is 42.3. The normalized spacial score (nSPS) is 12.9. The van der Waals surface area contributed by atoms with E-state index >= 15 is 0 Å². The molecule has 0 unspecified atom stereocenters. The minimum Gasteiger partial charge on any atom is -0.462 e. The van der Waals surface area contributed by atoms with Crippen LogP contribution in [0.3, 0.4) is 0 Å². The molecular weight excluding hydrogens is 789 g/mol. The van der Waals surface area contributed by atoms with Crippen LogP contribution in [0.15, 0.2) is 85.1 Å². The van der Waals surface area contributed by atoms with Crippen LogP contribution in [0, 0.1) is 0 Å². The first-order chi connectivity index (χ1) is 31.6. The number of allylic oxidation sites excluding steroid dienone is 14. The smallest absolute Gasteiger partial charge is 0.306 e. The standard InChI is InChI=1S/C59H102O5/c1-4-7-10-13-16-19-22-25-28-30-32-34-37-40-43-46-49-52-58(60)63-56-57(55-62-54-51-48-45-42-39-36-33-29-26-23-20-17-14-11-8-5-2)64-59(61)53-50-47-44-41-38-35-31-27-24-21-18-15-12-9-6-3/h7,10,16,18-19,21,25,27-28,31-32,34,38,41,57H,4-6,8-9,11-15,17,20,22-24,26,29-30,33,35-37,39-40,42-56H2,1-3H3/b10-7-,19-16-,21-18-,28-25-,31-27-,34-32-,41-38-/t57-/m1/s1. The summed E-state index contributed by atoms with van der Waals surface area (Å²) in [5.74, 6) is -0.465. The van der Waals surface area contributed by atoms with E-state index in [1.54, 1.807) is 0 Å². The topological polar surface area (TPSA) is 61.8 Å². The van der Waals surface area contributed by atoms with Crippen molar-refractivity contribution in [3.63, 3.8) is 0 Å². The fraction of sp³-hybridized carbons (Fsp3) is 0.729. The third-order valence-corrected chi connectivity index (χ3v) is 11.4. The first-order valence-electron chi connectivity index (χ1n) is 27.1. The van der Waals surface area contributed by atoms with Crippen molar-refractivity contribution in [3.8, 4) is 0 Å². The molecular formula is C59H102O5. The molecule has 5 nitrogen and oxygen atoms in total. The molecule has 0 bridgehead atoms. The van der Waals surface area contributed by atoms with E-state index in [4.69, 9.17) is 14.2 Å². The Balaban J connectivity index is 4.37. The average Bonchev–Trinajstić information content (AvgIpc) is 3.30. The van der Waals surface area contributed by atoms with Crippen LogP contribution >= 0.6 is 0 Å². The summed E-state index contributed by atoms with van der Waals surface area (Å²) in [5.41, 5.74) is 0. The van der Waals surface area contributed by atoms with Crippen molar-refractivity contribution in [3.05, 3.63) is 85.1 Å². The number of hydrogen-bond acceptors (Lipinski definition) is 5. The van der Waals surface area contributed by atoms with Crippen molar-refractivity contribution in [1.29, 1.82) is 0 Å². The summed E-state index contributed by atoms with van der Waals surface area (Å²) >= 11 is 0. The summed E-state index contributed by atoms with van der Waals surface area (Å²) in [5, 5.41) is 0. The van der Waals surface area contributed by atoms with Gasteiger partial charge in [-0.2, -0.15) is 0 Å². The zero-order chi connectivity index (χ0) is 46.3. The van der Waals surface area contributed by atoms with Crippen LogP contribution in [0.4, 0.5) is 0 Å². The van der Waals surface area contributed by atoms with Crippen LogP contribution < -0.4 is 0 Å². The van der Waals surface area contributed by atoms with Gasteiger partial charge < -0.3 is 14.2 Å². The molecule has 64 heavy (non-hydrogen) atoms. The largest absolute Gasteiger partial charge is 0.462 e. The first kappa shape index (κ1) is 61.1. The van der Waals surface area contributed by atoms with E-state index in [0.29, 0.717) is 19.4 Å². The van der Waals surface area contributed by atoms with Gasteiger partial charge in [-0.15, -0.1) is 0 Å². The summed E-state index contributed by atoms with van der Waals surface area (Å²) in [6.07, 6.45) is 71.7. The Morgan fingerprint density at radius 3 is 1.19 bits per heavy atom. The lowest BCUT2D eigenvalue weighted by molar-refractivity contribution is -0.163. The van der Waals surface area contributed by atoms with Gasteiger partial charge in [0.15, 0.2) is 6.10 Å². The number of ether oxygens (including phenoxy) is 3. The average molecular weight is 891 g/mol. The van der Waals surface area contributed by atoms with E-state index in [1.165, 1.54) is 116 Å². The SMILES string of the molecule is CC/C=C\C/C=C\C/C=C\C/C=C\CCCCCCC(=O)OC[C@@H](COCCCCCCCCCCCCCCCCCC)OC(=O)CCCC/C=C\C/C=C\C/C=C\CCCCC. The molecule has 1 atom stereocenters. The predicted molar refractivity (Wildman–Crippen MR) is 279 cm³/mol. The number of unbranched alkanes of at least 4 members (excludes halogenated alkanes) is 24. The van der Waals surface area contributed by atoms with Gasteiger partial charge in [0.1, 0.15) is 6.61 Å². The fourth-order valence-corrected chi connectivity index (χ4v) is 7.39. The van der Waals surface area contributed by atoms with Gasteiger partial charge in [-0.25, -0.2) is 0 Å². The van der Waals surface area contributed by atoms with Crippen LogP contribution in [-0.2, 0) is 23.8 Å². The molecule has 0 fully saturated rings. The van der Waals surface area contributed by atoms with Gasteiger partial charge in [-0.3, -0.25) is 9.59 Å². The van der Waals surface area contributed by atoms with Gasteiger partial charge in [-0.1, -0.05) is 228 Å². The van der Waals surface area contributed by atoms with E-state index in [9.17, 15) is 9.59 Å². The highest BCUT2D eigenvalue weighted by Gasteiger charge is 2.17. The van der Waals surface area contributed by atoms with Crippen LogP contribution in [0.1, 0.15) is 252 Å². The quantitative estimate of drug-likeness (QED) is 0.0346. The van der Waals surface area contributed by atoms with Crippen LogP contribution in [0.2, 0.25) is 0 Å². The highest BCUT2D eigenvalue weighted by Crippen LogP contribution is 2.15. The molecule has 0 radical (unpaired) electrons. The second-order valence-electron chi connectivity index (χ2n) is 17.8. The molecule has 0 rings (SSSR count). The maximum Gasteiger partial charge on any atom is 0.306 e. The summed E-state index contributed by atoms with van der Waals surface area (Å²) in [7, 11) is 0. The second kappa shape index (κ2) is 54.4. The number of rotatable bonds is 49. The molecule has 0 aliphatic carbocycles. The maximum absolute atomic E-state index is 12.8. The number of carbonyl (C=O) groups excluding carboxylic acids is 2. The Morgan fingerprint density at radius 2 is 0.703 bits per heavy atom. The third-order valence-electron chi connectivity index (χ3n) is 11.4. The highest BCUT2D eigenvalue weighted by molar-refractivity contribution is 5.70. The van der Waals surface area contributed by atoms with Gasteiger partial charge >= 0.3 is 11.9 Å². The molecule has 368 valence electrons. The third kappa shape index (κ3) is 51.7. The Labute approximate surface area is 397 Å². The van der Waals surface area contributed by atoms with Gasteiger partial charge in [-0.05, 0) is 96.3 Å². The minimum absolute atomic E-state index is 0.0558.